The Morgan fingerprint density at radius 2 is 1.96 bits per heavy atom. The smallest absolute Gasteiger partial charge is 0.196 e. The van der Waals surface area contributed by atoms with Crippen LogP contribution in [0.1, 0.15) is 16.3 Å². The average Bonchev–Trinajstić information content (AvgIpc) is 3.35. The van der Waals surface area contributed by atoms with Gasteiger partial charge in [-0.15, -0.1) is 21.5 Å². The fourth-order valence-electron chi connectivity index (χ4n) is 2.62. The van der Waals surface area contributed by atoms with Gasteiger partial charge in [0.25, 0.3) is 0 Å². The number of aryl methyl sites for hydroxylation is 1. The number of nitrogens with zero attached hydrogens (tertiary/aromatic N) is 4. The number of benzene rings is 2. The standard InChI is InChI=1S/C20H17ClN4OS2/c1-14-4-2-3-5-18(14)25-13-22-24-20(25)28-12-16-11-27-19(23-16)10-26-17-8-6-15(21)7-9-17/h2-9,11,13H,10,12H2,1H3. The van der Waals surface area contributed by atoms with E-state index in [1.165, 1.54) is 5.56 Å². The molecule has 8 heteroatoms. The molecular formula is C20H17ClN4OS2. The van der Waals surface area contributed by atoms with E-state index in [0.717, 1.165) is 33.0 Å². The van der Waals surface area contributed by atoms with Crippen molar-refractivity contribution in [2.45, 2.75) is 24.4 Å². The maximum Gasteiger partial charge on any atom is 0.196 e. The number of ether oxygens (including phenoxy) is 1. The molecule has 0 saturated heterocycles. The van der Waals surface area contributed by atoms with E-state index in [2.05, 4.69) is 39.6 Å². The Kier molecular flexibility index (Phi) is 5.95. The fraction of sp³-hybridized carbons (Fsp3) is 0.150. The van der Waals surface area contributed by atoms with Crippen LogP contribution in [0.2, 0.25) is 5.02 Å². The first-order valence-corrected chi connectivity index (χ1v) is 10.8. The van der Waals surface area contributed by atoms with E-state index in [1.54, 1.807) is 29.4 Å². The van der Waals surface area contributed by atoms with Crippen LogP contribution >= 0.6 is 34.7 Å². The van der Waals surface area contributed by atoms with E-state index in [1.807, 2.05) is 41.0 Å². The van der Waals surface area contributed by atoms with Crippen LogP contribution in [-0.4, -0.2) is 19.7 Å². The minimum atomic E-state index is 0.441. The lowest BCUT2D eigenvalue weighted by atomic mass is 10.2. The van der Waals surface area contributed by atoms with Gasteiger partial charge in [-0.3, -0.25) is 4.57 Å². The second-order valence-electron chi connectivity index (χ2n) is 6.03. The van der Waals surface area contributed by atoms with Crippen LogP contribution in [0, 0.1) is 6.92 Å². The first-order valence-electron chi connectivity index (χ1n) is 8.59. The predicted octanol–water partition coefficient (Wildman–Crippen LogP) is 5.56. The Balaban J connectivity index is 1.37. The zero-order valence-electron chi connectivity index (χ0n) is 15.1. The summed E-state index contributed by atoms with van der Waals surface area (Å²) in [6.45, 7) is 2.52. The number of thioether (sulfide) groups is 1. The Morgan fingerprint density at radius 1 is 1.14 bits per heavy atom. The summed E-state index contributed by atoms with van der Waals surface area (Å²) in [6, 6.07) is 15.5. The molecule has 0 unspecified atom stereocenters. The zero-order chi connectivity index (χ0) is 19.3. The van der Waals surface area contributed by atoms with Crippen molar-refractivity contribution < 1.29 is 4.74 Å². The second-order valence-corrected chi connectivity index (χ2v) is 8.36. The minimum Gasteiger partial charge on any atom is -0.486 e. The van der Waals surface area contributed by atoms with Crippen molar-refractivity contribution >= 4 is 34.7 Å². The highest BCUT2D eigenvalue weighted by atomic mass is 35.5. The van der Waals surface area contributed by atoms with E-state index in [9.17, 15) is 0 Å². The van der Waals surface area contributed by atoms with Gasteiger partial charge < -0.3 is 4.74 Å². The monoisotopic (exact) mass is 428 g/mol. The Hall–Kier alpha value is -2.35. The number of para-hydroxylation sites is 1. The van der Waals surface area contributed by atoms with Crippen molar-refractivity contribution in [1.82, 2.24) is 19.7 Å². The van der Waals surface area contributed by atoms with Crippen molar-refractivity contribution in [2.75, 3.05) is 0 Å². The lowest BCUT2D eigenvalue weighted by Crippen LogP contribution is -1.98. The third-order valence-electron chi connectivity index (χ3n) is 4.02. The number of hydrogen-bond donors (Lipinski definition) is 0. The molecule has 5 nitrogen and oxygen atoms in total. The molecule has 4 aromatic rings. The molecule has 2 heterocycles. The number of aromatic nitrogens is 4. The molecule has 142 valence electrons. The number of hydrogen-bond acceptors (Lipinski definition) is 6. The van der Waals surface area contributed by atoms with Gasteiger partial charge in [0.15, 0.2) is 5.16 Å². The van der Waals surface area contributed by atoms with Gasteiger partial charge in [-0.2, -0.15) is 0 Å². The summed E-state index contributed by atoms with van der Waals surface area (Å²) >= 11 is 9.10. The Labute approximate surface area is 176 Å². The molecule has 2 aromatic carbocycles. The van der Waals surface area contributed by atoms with Gasteiger partial charge in [0.2, 0.25) is 0 Å². The number of rotatable bonds is 7. The molecule has 4 rings (SSSR count). The van der Waals surface area contributed by atoms with Crippen molar-refractivity contribution in [1.29, 1.82) is 0 Å². The van der Waals surface area contributed by atoms with E-state index in [0.29, 0.717) is 11.6 Å². The zero-order valence-corrected chi connectivity index (χ0v) is 17.5. The summed E-state index contributed by atoms with van der Waals surface area (Å²) in [7, 11) is 0. The minimum absolute atomic E-state index is 0.441. The second kappa shape index (κ2) is 8.77. The molecule has 0 spiro atoms. The van der Waals surface area contributed by atoms with Crippen LogP contribution in [0.15, 0.2) is 65.4 Å². The van der Waals surface area contributed by atoms with Crippen molar-refractivity contribution in [3.63, 3.8) is 0 Å². The Morgan fingerprint density at radius 3 is 2.79 bits per heavy atom. The lowest BCUT2D eigenvalue weighted by molar-refractivity contribution is 0.305. The van der Waals surface area contributed by atoms with Crippen LogP contribution < -0.4 is 4.74 Å². The molecule has 0 amide bonds. The molecule has 0 aliphatic heterocycles. The lowest BCUT2D eigenvalue weighted by Gasteiger charge is -2.08. The molecule has 28 heavy (non-hydrogen) atoms. The van der Waals surface area contributed by atoms with Gasteiger partial charge in [-0.25, -0.2) is 4.98 Å². The summed E-state index contributed by atoms with van der Waals surface area (Å²) < 4.78 is 7.77. The third kappa shape index (κ3) is 4.55. The molecule has 0 atom stereocenters. The van der Waals surface area contributed by atoms with E-state index in [-0.39, 0.29) is 0 Å². The summed E-state index contributed by atoms with van der Waals surface area (Å²) in [4.78, 5) is 4.65. The van der Waals surface area contributed by atoms with Crippen LogP contribution in [0.5, 0.6) is 5.75 Å². The highest BCUT2D eigenvalue weighted by Gasteiger charge is 2.11. The summed E-state index contributed by atoms with van der Waals surface area (Å²) in [6.07, 6.45) is 1.75. The van der Waals surface area contributed by atoms with Gasteiger partial charge in [0, 0.05) is 16.2 Å². The predicted molar refractivity (Wildman–Crippen MR) is 114 cm³/mol. The van der Waals surface area contributed by atoms with Gasteiger partial charge in [0.05, 0.1) is 11.4 Å². The van der Waals surface area contributed by atoms with Crippen LogP contribution in [0.4, 0.5) is 0 Å². The molecule has 0 N–H and O–H groups in total. The molecule has 0 aliphatic carbocycles. The largest absolute Gasteiger partial charge is 0.486 e. The first kappa shape index (κ1) is 19.0. The van der Waals surface area contributed by atoms with Gasteiger partial charge in [0.1, 0.15) is 23.7 Å². The van der Waals surface area contributed by atoms with Gasteiger partial charge >= 0.3 is 0 Å². The maximum absolute atomic E-state index is 5.89. The highest BCUT2D eigenvalue weighted by Crippen LogP contribution is 2.26. The fourth-order valence-corrected chi connectivity index (χ4v) is 4.37. The normalized spacial score (nSPS) is 10.9. The Bertz CT molecular complexity index is 1060. The molecular weight excluding hydrogens is 412 g/mol. The summed E-state index contributed by atoms with van der Waals surface area (Å²) in [5, 5.41) is 12.9. The molecule has 0 radical (unpaired) electrons. The average molecular weight is 429 g/mol. The SMILES string of the molecule is Cc1ccccc1-n1cnnc1SCc1csc(COc2ccc(Cl)cc2)n1. The topological polar surface area (TPSA) is 52.8 Å². The first-order chi connectivity index (χ1) is 13.7. The maximum atomic E-state index is 5.89. The highest BCUT2D eigenvalue weighted by molar-refractivity contribution is 7.98. The molecule has 2 aromatic heterocycles. The molecule has 0 bridgehead atoms. The molecule has 0 aliphatic rings. The van der Waals surface area contributed by atoms with Gasteiger partial charge in [-0.1, -0.05) is 41.6 Å². The van der Waals surface area contributed by atoms with Crippen molar-refractivity contribution in [3.8, 4) is 11.4 Å². The summed E-state index contributed by atoms with van der Waals surface area (Å²) in [5.41, 5.74) is 3.27. The van der Waals surface area contributed by atoms with Crippen LogP contribution in [0.25, 0.3) is 5.69 Å². The van der Waals surface area contributed by atoms with E-state index in [4.69, 9.17) is 16.3 Å². The third-order valence-corrected chi connectivity index (χ3v) is 6.12. The van der Waals surface area contributed by atoms with Crippen LogP contribution in [0.3, 0.4) is 0 Å². The summed E-state index contributed by atoms with van der Waals surface area (Å²) in [5.74, 6) is 1.50. The number of thiazole rings is 1. The van der Waals surface area contributed by atoms with Crippen LogP contribution in [-0.2, 0) is 12.4 Å². The molecule has 0 saturated carbocycles. The van der Waals surface area contributed by atoms with E-state index >= 15 is 0 Å². The van der Waals surface area contributed by atoms with Crippen molar-refractivity contribution in [3.05, 3.63) is 81.5 Å². The molecule has 0 fully saturated rings. The van der Waals surface area contributed by atoms with E-state index < -0.39 is 0 Å². The van der Waals surface area contributed by atoms with Gasteiger partial charge in [-0.05, 0) is 42.8 Å². The number of halogens is 1. The van der Waals surface area contributed by atoms with Crippen molar-refractivity contribution in [2.24, 2.45) is 0 Å². The quantitative estimate of drug-likeness (QED) is 0.361.